The Morgan fingerprint density at radius 1 is 1.47 bits per heavy atom. The van der Waals surface area contributed by atoms with E-state index in [-0.39, 0.29) is 32.9 Å². The van der Waals surface area contributed by atoms with Gasteiger partial charge in [0.2, 0.25) is 0 Å². The molecule has 0 aliphatic rings. The first-order valence-corrected chi connectivity index (χ1v) is 4.66. The molecule has 5 N–H and O–H groups in total. The maximum Gasteiger partial charge on any atom is 0.253 e. The molecule has 15 heavy (non-hydrogen) atoms. The van der Waals surface area contributed by atoms with Crippen LogP contribution in [0.25, 0.3) is 0 Å². The number of carbonyl (C=O) groups excluding carboxylic acids is 1. The highest BCUT2D eigenvalue weighted by Crippen LogP contribution is 2.00. The van der Waals surface area contributed by atoms with Gasteiger partial charge in [0, 0.05) is 20.2 Å². The smallest absolute Gasteiger partial charge is 0.253 e. The van der Waals surface area contributed by atoms with Crippen LogP contribution in [0.3, 0.4) is 0 Å². The average Bonchev–Trinajstić information content (AvgIpc) is 2.25. The predicted molar refractivity (Wildman–Crippen MR) is 53.7 cm³/mol. The fourth-order valence-electron chi connectivity index (χ4n) is 1.28. The Morgan fingerprint density at radius 2 is 2.00 bits per heavy atom. The van der Waals surface area contributed by atoms with Crippen LogP contribution in [-0.4, -0.2) is 67.1 Å². The topological polar surface area (TPSA) is 108 Å². The third kappa shape index (κ3) is 5.05. The Labute approximate surface area is 88.8 Å². The summed E-state index contributed by atoms with van der Waals surface area (Å²) in [5.74, 6) is 4.62. The maximum absolute atomic E-state index is 11.4. The quantitative estimate of drug-likeness (QED) is 0.201. The van der Waals surface area contributed by atoms with Crippen LogP contribution in [0.15, 0.2) is 0 Å². The van der Waals surface area contributed by atoms with E-state index in [9.17, 15) is 4.79 Å². The monoisotopic (exact) mass is 221 g/mol. The summed E-state index contributed by atoms with van der Waals surface area (Å²) < 4.78 is 4.88. The first-order valence-electron chi connectivity index (χ1n) is 4.66. The first-order chi connectivity index (χ1) is 7.21. The van der Waals surface area contributed by atoms with Crippen LogP contribution in [-0.2, 0) is 9.53 Å². The van der Waals surface area contributed by atoms with Crippen molar-refractivity contribution < 1.29 is 19.7 Å². The molecule has 1 atom stereocenters. The zero-order valence-electron chi connectivity index (χ0n) is 8.85. The zero-order chi connectivity index (χ0) is 11.7. The second-order valence-electron chi connectivity index (χ2n) is 2.96. The third-order valence-electron chi connectivity index (χ3n) is 1.98. The summed E-state index contributed by atoms with van der Waals surface area (Å²) in [4.78, 5) is 13.0. The van der Waals surface area contributed by atoms with Gasteiger partial charge in [-0.25, -0.2) is 5.84 Å². The molecule has 0 aromatic carbocycles. The van der Waals surface area contributed by atoms with Crippen molar-refractivity contribution in [2.45, 2.75) is 6.04 Å². The molecule has 0 saturated heterocycles. The molecule has 0 heterocycles. The van der Waals surface area contributed by atoms with E-state index < -0.39 is 11.9 Å². The number of hydrazine groups is 1. The lowest BCUT2D eigenvalue weighted by Gasteiger charge is -2.28. The molecule has 0 aromatic rings. The van der Waals surface area contributed by atoms with Crippen molar-refractivity contribution >= 4 is 5.91 Å². The summed E-state index contributed by atoms with van der Waals surface area (Å²) in [5.41, 5.74) is 2.02. The number of methoxy groups -OCH3 is 1. The highest BCUT2D eigenvalue weighted by Gasteiger charge is 2.24. The summed E-state index contributed by atoms with van der Waals surface area (Å²) in [6, 6.07) is -0.598. The van der Waals surface area contributed by atoms with Crippen LogP contribution in [0.1, 0.15) is 0 Å². The molecule has 0 fully saturated rings. The van der Waals surface area contributed by atoms with Gasteiger partial charge in [0.25, 0.3) is 5.91 Å². The minimum absolute atomic E-state index is 0.0991. The Morgan fingerprint density at radius 3 is 2.33 bits per heavy atom. The first kappa shape index (κ1) is 14.3. The lowest BCUT2D eigenvalue weighted by atomic mass is 10.2. The number of aliphatic hydroxyl groups excluding tert-OH is 2. The van der Waals surface area contributed by atoms with Crippen LogP contribution in [0.4, 0.5) is 0 Å². The van der Waals surface area contributed by atoms with Gasteiger partial charge in [-0.05, 0) is 0 Å². The Hall–Kier alpha value is -0.730. The van der Waals surface area contributed by atoms with Gasteiger partial charge in [-0.1, -0.05) is 0 Å². The number of nitrogens with two attached hydrogens (primary N) is 1. The fourth-order valence-corrected chi connectivity index (χ4v) is 1.28. The van der Waals surface area contributed by atoms with Crippen LogP contribution >= 0.6 is 0 Å². The van der Waals surface area contributed by atoms with E-state index in [0.29, 0.717) is 0 Å². The second-order valence-corrected chi connectivity index (χ2v) is 2.96. The van der Waals surface area contributed by atoms with Crippen molar-refractivity contribution in [3.63, 3.8) is 0 Å². The SMILES string of the molecule is COCC(C(=O)NN)N(CCO)CCO. The Kier molecular flexibility index (Phi) is 8.15. The van der Waals surface area contributed by atoms with E-state index >= 15 is 0 Å². The van der Waals surface area contributed by atoms with Gasteiger partial charge < -0.3 is 14.9 Å². The summed E-state index contributed by atoms with van der Waals surface area (Å²) in [6.07, 6.45) is 0. The Balaban J connectivity index is 4.42. The van der Waals surface area contributed by atoms with Gasteiger partial charge in [-0.15, -0.1) is 0 Å². The number of hydrogen-bond donors (Lipinski definition) is 4. The van der Waals surface area contributed by atoms with Crippen LogP contribution in [0, 0.1) is 0 Å². The molecule has 0 bridgehead atoms. The number of aliphatic hydroxyl groups is 2. The number of nitrogens with zero attached hydrogens (tertiary/aromatic N) is 1. The maximum atomic E-state index is 11.4. The van der Waals surface area contributed by atoms with E-state index in [1.165, 1.54) is 7.11 Å². The molecule has 1 amide bonds. The molecule has 0 saturated carbocycles. The fraction of sp³-hybridized carbons (Fsp3) is 0.875. The van der Waals surface area contributed by atoms with Crippen LogP contribution in [0.5, 0.6) is 0 Å². The third-order valence-corrected chi connectivity index (χ3v) is 1.98. The van der Waals surface area contributed by atoms with E-state index in [1.807, 2.05) is 5.43 Å². The van der Waals surface area contributed by atoms with E-state index in [4.69, 9.17) is 20.8 Å². The van der Waals surface area contributed by atoms with Crippen molar-refractivity contribution in [2.75, 3.05) is 40.0 Å². The van der Waals surface area contributed by atoms with Gasteiger partial charge in [0.05, 0.1) is 19.8 Å². The van der Waals surface area contributed by atoms with Crippen LogP contribution < -0.4 is 11.3 Å². The van der Waals surface area contributed by atoms with E-state index in [2.05, 4.69) is 0 Å². The number of rotatable bonds is 8. The van der Waals surface area contributed by atoms with Gasteiger partial charge in [-0.2, -0.15) is 0 Å². The molecule has 90 valence electrons. The van der Waals surface area contributed by atoms with Crippen molar-refractivity contribution in [3.05, 3.63) is 0 Å². The number of amides is 1. The molecule has 7 nitrogen and oxygen atoms in total. The molecule has 0 aliphatic carbocycles. The number of carbonyl (C=O) groups is 1. The molecule has 0 rings (SSSR count). The molecule has 1 unspecified atom stereocenters. The van der Waals surface area contributed by atoms with E-state index in [1.54, 1.807) is 4.90 Å². The average molecular weight is 221 g/mol. The van der Waals surface area contributed by atoms with Crippen molar-refractivity contribution in [2.24, 2.45) is 5.84 Å². The van der Waals surface area contributed by atoms with Crippen molar-refractivity contribution in [3.8, 4) is 0 Å². The number of hydrogen-bond acceptors (Lipinski definition) is 6. The van der Waals surface area contributed by atoms with Gasteiger partial charge in [-0.3, -0.25) is 15.1 Å². The summed E-state index contributed by atoms with van der Waals surface area (Å²) >= 11 is 0. The molecule has 0 aliphatic heterocycles. The molecular formula is C8H19N3O4. The minimum atomic E-state index is -0.598. The standard InChI is InChI=1S/C8H19N3O4/c1-15-6-7(8(14)10-9)11(2-4-12)3-5-13/h7,12-13H,2-6,9H2,1H3,(H,10,14). The van der Waals surface area contributed by atoms with Gasteiger partial charge >= 0.3 is 0 Å². The number of nitrogens with one attached hydrogen (secondary N) is 1. The molecule has 0 aromatic heterocycles. The van der Waals surface area contributed by atoms with Crippen molar-refractivity contribution in [1.82, 2.24) is 10.3 Å². The minimum Gasteiger partial charge on any atom is -0.395 e. The lowest BCUT2D eigenvalue weighted by Crippen LogP contribution is -2.52. The second kappa shape index (κ2) is 8.57. The molecular weight excluding hydrogens is 202 g/mol. The van der Waals surface area contributed by atoms with Gasteiger partial charge in [0.1, 0.15) is 6.04 Å². The highest BCUT2D eigenvalue weighted by atomic mass is 16.5. The van der Waals surface area contributed by atoms with Crippen LogP contribution in [0.2, 0.25) is 0 Å². The predicted octanol–water partition coefficient (Wildman–Crippen LogP) is -2.72. The lowest BCUT2D eigenvalue weighted by molar-refractivity contribution is -0.128. The summed E-state index contributed by atoms with van der Waals surface area (Å²) in [6.45, 7) is 0.517. The molecule has 0 spiro atoms. The molecule has 7 heteroatoms. The normalized spacial score (nSPS) is 12.9. The van der Waals surface area contributed by atoms with Crippen molar-refractivity contribution in [1.29, 1.82) is 0 Å². The Bertz CT molecular complexity index is 173. The zero-order valence-corrected chi connectivity index (χ0v) is 8.85. The largest absolute Gasteiger partial charge is 0.395 e. The van der Waals surface area contributed by atoms with E-state index in [0.717, 1.165) is 0 Å². The molecule has 0 radical (unpaired) electrons. The van der Waals surface area contributed by atoms with Gasteiger partial charge in [0.15, 0.2) is 0 Å². The summed E-state index contributed by atoms with van der Waals surface area (Å²) in [7, 11) is 1.47. The highest BCUT2D eigenvalue weighted by molar-refractivity contribution is 5.81. The summed E-state index contributed by atoms with van der Waals surface area (Å²) in [5, 5.41) is 17.6. The number of ether oxygens (including phenoxy) is 1.